The second kappa shape index (κ2) is 7.94. The molecule has 0 aliphatic rings. The first-order valence-electron chi connectivity index (χ1n) is 7.77. The van der Waals surface area contributed by atoms with Gasteiger partial charge in [-0.1, -0.05) is 30.3 Å². The quantitative estimate of drug-likeness (QED) is 0.655. The Balaban J connectivity index is 0.000000596. The highest BCUT2D eigenvalue weighted by Crippen LogP contribution is 2.30. The third kappa shape index (κ3) is 5.34. The predicted molar refractivity (Wildman–Crippen MR) is 95.3 cm³/mol. The van der Waals surface area contributed by atoms with Gasteiger partial charge in [0.1, 0.15) is 5.75 Å². The second-order valence-corrected chi connectivity index (χ2v) is 5.64. The maximum absolute atomic E-state index is 12.4. The highest BCUT2D eigenvalue weighted by molar-refractivity contribution is 6.18. The van der Waals surface area contributed by atoms with Crippen LogP contribution in [0.4, 0.5) is 13.2 Å². The van der Waals surface area contributed by atoms with Crippen LogP contribution in [-0.4, -0.2) is 27.7 Å². The highest BCUT2D eigenvalue weighted by atomic mass is 19.4. The van der Waals surface area contributed by atoms with Crippen molar-refractivity contribution in [1.82, 2.24) is 4.57 Å². The predicted octanol–water partition coefficient (Wildman–Crippen LogP) is 4.58. The van der Waals surface area contributed by atoms with Crippen LogP contribution in [-0.2, 0) is 11.8 Å². The Morgan fingerprint density at radius 2 is 1.74 bits per heavy atom. The summed E-state index contributed by atoms with van der Waals surface area (Å²) in [4.78, 5) is 9.00. The van der Waals surface area contributed by atoms with E-state index in [-0.39, 0.29) is 11.5 Å². The van der Waals surface area contributed by atoms with E-state index in [9.17, 15) is 13.2 Å². The van der Waals surface area contributed by atoms with Crippen molar-refractivity contribution in [1.29, 1.82) is 5.41 Å². The van der Waals surface area contributed by atoms with Gasteiger partial charge in [0.2, 0.25) is 0 Å². The van der Waals surface area contributed by atoms with E-state index < -0.39 is 12.3 Å². The molecule has 8 heteroatoms. The van der Waals surface area contributed by atoms with E-state index in [1.54, 1.807) is 36.0 Å². The number of alkyl halides is 3. The molecule has 27 heavy (non-hydrogen) atoms. The topological polar surface area (TPSA) is 75.3 Å². The minimum Gasteiger partial charge on any atom is -0.481 e. The molecule has 5 nitrogen and oxygen atoms in total. The number of halogens is 3. The summed E-state index contributed by atoms with van der Waals surface area (Å²) in [5.41, 5.74) is 2.24. The molecule has 2 N–H and O–H groups in total. The standard InChI is InChI=1S/C17H13F3N2O.C2H4O2/c1-22-10-14(16(21)11-5-3-2-4-6-11)13-9-12(7-8-15(13)22)23-17(18,19)20;1-2(3)4/h2-10,21H,1H3;1H3,(H,3,4). The molecule has 0 unspecified atom stereocenters. The zero-order chi connectivity index (χ0) is 20.2. The zero-order valence-electron chi connectivity index (χ0n) is 14.5. The molecule has 0 radical (unpaired) electrons. The molecule has 1 heterocycles. The summed E-state index contributed by atoms with van der Waals surface area (Å²) in [5, 5.41) is 16.3. The SMILES string of the molecule is CC(=O)O.Cn1cc(C(=N)c2ccccc2)c2cc(OC(F)(F)F)ccc21. The first-order chi connectivity index (χ1) is 12.6. The number of carboxylic acids is 1. The summed E-state index contributed by atoms with van der Waals surface area (Å²) < 4.78 is 43.0. The molecule has 0 spiro atoms. The van der Waals surface area contributed by atoms with Crippen LogP contribution in [0.2, 0.25) is 0 Å². The largest absolute Gasteiger partial charge is 0.573 e. The normalized spacial score (nSPS) is 10.9. The Morgan fingerprint density at radius 3 is 2.30 bits per heavy atom. The molecular formula is C19H17F3N2O3. The number of rotatable bonds is 3. The minimum absolute atomic E-state index is 0.250. The zero-order valence-corrected chi connectivity index (χ0v) is 14.5. The Labute approximate surface area is 153 Å². The van der Waals surface area contributed by atoms with Crippen molar-refractivity contribution < 1.29 is 27.8 Å². The summed E-state index contributed by atoms with van der Waals surface area (Å²) in [6, 6.07) is 13.2. The summed E-state index contributed by atoms with van der Waals surface area (Å²) in [7, 11) is 1.79. The number of ether oxygens (including phenoxy) is 1. The molecule has 0 atom stereocenters. The Morgan fingerprint density at radius 1 is 1.15 bits per heavy atom. The van der Waals surface area contributed by atoms with Gasteiger partial charge in [-0.05, 0) is 18.2 Å². The molecule has 0 fully saturated rings. The van der Waals surface area contributed by atoms with Crippen molar-refractivity contribution >= 4 is 22.6 Å². The van der Waals surface area contributed by atoms with Crippen molar-refractivity contribution in [2.24, 2.45) is 7.05 Å². The van der Waals surface area contributed by atoms with Crippen molar-refractivity contribution in [2.75, 3.05) is 0 Å². The average molecular weight is 378 g/mol. The molecule has 142 valence electrons. The van der Waals surface area contributed by atoms with Crippen LogP contribution in [0.1, 0.15) is 18.1 Å². The lowest BCUT2D eigenvalue weighted by Crippen LogP contribution is -2.17. The maximum Gasteiger partial charge on any atom is 0.573 e. The summed E-state index contributed by atoms with van der Waals surface area (Å²) >= 11 is 0. The lowest BCUT2D eigenvalue weighted by Gasteiger charge is -2.09. The van der Waals surface area contributed by atoms with E-state index in [4.69, 9.17) is 15.3 Å². The number of fused-ring (bicyclic) bond motifs is 1. The number of carbonyl (C=O) groups is 1. The van der Waals surface area contributed by atoms with Gasteiger partial charge in [0.05, 0.1) is 5.71 Å². The molecule has 0 saturated carbocycles. The Kier molecular flexibility index (Phi) is 5.89. The summed E-state index contributed by atoms with van der Waals surface area (Å²) in [5.74, 6) is -1.13. The first-order valence-corrected chi connectivity index (χ1v) is 7.77. The van der Waals surface area contributed by atoms with Gasteiger partial charge < -0.3 is 14.4 Å². The van der Waals surface area contributed by atoms with Gasteiger partial charge in [-0.15, -0.1) is 13.2 Å². The van der Waals surface area contributed by atoms with Crippen LogP contribution in [0, 0.1) is 5.41 Å². The summed E-state index contributed by atoms with van der Waals surface area (Å²) in [6.07, 6.45) is -3.01. The molecule has 2 aromatic carbocycles. The summed E-state index contributed by atoms with van der Waals surface area (Å²) in [6.45, 7) is 1.08. The smallest absolute Gasteiger partial charge is 0.481 e. The van der Waals surface area contributed by atoms with E-state index in [2.05, 4.69) is 4.74 Å². The fourth-order valence-electron chi connectivity index (χ4n) is 2.53. The molecule has 0 saturated heterocycles. The van der Waals surface area contributed by atoms with Crippen molar-refractivity contribution in [3.05, 3.63) is 65.9 Å². The van der Waals surface area contributed by atoms with Gasteiger partial charge in [-0.25, -0.2) is 0 Å². The monoisotopic (exact) mass is 378 g/mol. The number of aromatic nitrogens is 1. The minimum atomic E-state index is -4.74. The highest BCUT2D eigenvalue weighted by Gasteiger charge is 2.31. The van der Waals surface area contributed by atoms with Gasteiger partial charge in [0.15, 0.2) is 0 Å². The lowest BCUT2D eigenvalue weighted by molar-refractivity contribution is -0.274. The number of nitrogens with one attached hydrogen (secondary N) is 1. The van der Waals surface area contributed by atoms with Crippen LogP contribution < -0.4 is 4.74 Å². The van der Waals surface area contributed by atoms with Crippen molar-refractivity contribution in [2.45, 2.75) is 13.3 Å². The van der Waals surface area contributed by atoms with Crippen LogP contribution >= 0.6 is 0 Å². The van der Waals surface area contributed by atoms with Crippen LogP contribution in [0.3, 0.4) is 0 Å². The van der Waals surface area contributed by atoms with E-state index in [1.165, 1.54) is 12.1 Å². The van der Waals surface area contributed by atoms with Crippen molar-refractivity contribution in [3.63, 3.8) is 0 Å². The number of hydrogen-bond donors (Lipinski definition) is 2. The fourth-order valence-corrected chi connectivity index (χ4v) is 2.53. The number of benzene rings is 2. The number of carboxylic acid groups (broad SMARTS) is 1. The molecule has 0 amide bonds. The van der Waals surface area contributed by atoms with Gasteiger partial charge in [0, 0.05) is 42.2 Å². The van der Waals surface area contributed by atoms with E-state index >= 15 is 0 Å². The number of hydrogen-bond acceptors (Lipinski definition) is 3. The number of nitrogens with zero attached hydrogens (tertiary/aromatic N) is 1. The molecular weight excluding hydrogens is 361 g/mol. The van der Waals surface area contributed by atoms with E-state index in [0.29, 0.717) is 16.5 Å². The number of aliphatic carboxylic acids is 1. The second-order valence-electron chi connectivity index (χ2n) is 5.64. The third-order valence-electron chi connectivity index (χ3n) is 3.53. The Hall–Kier alpha value is -3.29. The number of aryl methyl sites for hydroxylation is 1. The molecule has 3 rings (SSSR count). The van der Waals surface area contributed by atoms with E-state index in [0.717, 1.165) is 12.4 Å². The maximum atomic E-state index is 12.4. The van der Waals surface area contributed by atoms with Gasteiger partial charge in [-0.2, -0.15) is 0 Å². The molecule has 3 aromatic rings. The van der Waals surface area contributed by atoms with Crippen LogP contribution in [0.15, 0.2) is 54.7 Å². The average Bonchev–Trinajstić information content (AvgIpc) is 2.89. The lowest BCUT2D eigenvalue weighted by atomic mass is 10.0. The fraction of sp³-hybridized carbons (Fsp3) is 0.158. The van der Waals surface area contributed by atoms with E-state index in [1.807, 2.05) is 18.2 Å². The first kappa shape index (κ1) is 20.0. The molecule has 0 aliphatic heterocycles. The van der Waals surface area contributed by atoms with Gasteiger partial charge in [-0.3, -0.25) is 10.2 Å². The van der Waals surface area contributed by atoms with Gasteiger partial charge in [0.25, 0.3) is 5.97 Å². The molecule has 0 aliphatic carbocycles. The molecule has 1 aromatic heterocycles. The third-order valence-corrected chi connectivity index (χ3v) is 3.53. The van der Waals surface area contributed by atoms with Gasteiger partial charge >= 0.3 is 6.36 Å². The van der Waals surface area contributed by atoms with Crippen LogP contribution in [0.5, 0.6) is 5.75 Å². The van der Waals surface area contributed by atoms with Crippen molar-refractivity contribution in [3.8, 4) is 5.75 Å². The van der Waals surface area contributed by atoms with Crippen LogP contribution in [0.25, 0.3) is 10.9 Å². The Bertz CT molecular complexity index is 959. The molecule has 0 bridgehead atoms.